The van der Waals surface area contributed by atoms with Crippen molar-refractivity contribution in [2.75, 3.05) is 13.2 Å². The molecule has 1 aromatic carbocycles. The van der Waals surface area contributed by atoms with Crippen LogP contribution in [0.25, 0.3) is 11.3 Å². The summed E-state index contributed by atoms with van der Waals surface area (Å²) >= 11 is 1.47. The molecule has 1 aliphatic heterocycles. The van der Waals surface area contributed by atoms with Crippen LogP contribution >= 0.6 is 11.3 Å². The summed E-state index contributed by atoms with van der Waals surface area (Å²) in [5.41, 5.74) is -0.775. The molecule has 4 nitrogen and oxygen atoms in total. The number of carbonyl (C=O) groups excluding carboxylic acids is 1. The molecule has 1 unspecified atom stereocenters. The van der Waals surface area contributed by atoms with Gasteiger partial charge in [-0.1, -0.05) is 12.1 Å². The number of nitrogens with one attached hydrogen (secondary N) is 1. The van der Waals surface area contributed by atoms with Gasteiger partial charge >= 0.3 is 6.18 Å². The highest BCUT2D eigenvalue weighted by Gasteiger charge is 2.58. The smallest absolute Gasteiger partial charge is 0.379 e. The van der Waals surface area contributed by atoms with Crippen LogP contribution in [0.2, 0.25) is 0 Å². The predicted octanol–water partition coefficient (Wildman–Crippen LogP) is 3.57. The van der Waals surface area contributed by atoms with E-state index in [1.807, 2.05) is 12.3 Å². The van der Waals surface area contributed by atoms with Gasteiger partial charge in [0.1, 0.15) is 0 Å². The van der Waals surface area contributed by atoms with Crippen molar-refractivity contribution in [3.05, 3.63) is 40.2 Å². The molecule has 0 spiro atoms. The van der Waals surface area contributed by atoms with Gasteiger partial charge in [-0.15, -0.1) is 11.3 Å². The van der Waals surface area contributed by atoms with Crippen molar-refractivity contribution >= 4 is 17.2 Å². The summed E-state index contributed by atoms with van der Waals surface area (Å²) in [6.45, 7) is 1.27. The maximum atomic E-state index is 13.3. The number of rotatable bonds is 3. The molecule has 1 fully saturated rings. The molecule has 1 N–H and O–H groups in total. The Kier molecular flexibility index (Phi) is 4.35. The van der Waals surface area contributed by atoms with Gasteiger partial charge in [0, 0.05) is 29.5 Å². The Labute approximate surface area is 140 Å². The van der Waals surface area contributed by atoms with Gasteiger partial charge < -0.3 is 10.1 Å². The number of benzene rings is 1. The molecule has 3 rings (SSSR count). The van der Waals surface area contributed by atoms with E-state index >= 15 is 0 Å². The van der Waals surface area contributed by atoms with Crippen LogP contribution in [0, 0.1) is 6.92 Å². The van der Waals surface area contributed by atoms with E-state index in [9.17, 15) is 18.0 Å². The molecule has 2 aromatic rings. The summed E-state index contributed by atoms with van der Waals surface area (Å²) in [6.07, 6.45) is -4.85. The molecule has 128 valence electrons. The van der Waals surface area contributed by atoms with Gasteiger partial charge in [-0.3, -0.25) is 4.79 Å². The van der Waals surface area contributed by atoms with Crippen LogP contribution in [0.4, 0.5) is 13.2 Å². The molecule has 24 heavy (non-hydrogen) atoms. The van der Waals surface area contributed by atoms with Crippen molar-refractivity contribution < 1.29 is 22.7 Å². The zero-order valence-corrected chi connectivity index (χ0v) is 13.6. The average Bonchev–Trinajstić information content (AvgIpc) is 3.17. The standard InChI is InChI=1S/C16H15F3N2O2S/c1-10-20-13(8-24-10)11-3-2-4-12(7-11)14(22)21-15(16(17,18)19)5-6-23-9-15/h2-4,7-8H,5-6,9H2,1H3,(H,21,22). The normalized spacial score (nSPS) is 21.0. The van der Waals surface area contributed by atoms with Crippen LogP contribution in [-0.2, 0) is 4.74 Å². The fraction of sp³-hybridized carbons (Fsp3) is 0.375. The summed E-state index contributed by atoms with van der Waals surface area (Å²) in [7, 11) is 0. The van der Waals surface area contributed by atoms with Gasteiger partial charge in [-0.2, -0.15) is 13.2 Å². The van der Waals surface area contributed by atoms with E-state index in [0.717, 1.165) is 5.01 Å². The van der Waals surface area contributed by atoms with Gasteiger partial charge in [-0.25, -0.2) is 4.98 Å². The van der Waals surface area contributed by atoms with E-state index in [1.165, 1.54) is 17.4 Å². The second-order valence-electron chi connectivity index (χ2n) is 5.67. The number of hydrogen-bond donors (Lipinski definition) is 1. The number of amides is 1. The third-order valence-electron chi connectivity index (χ3n) is 3.96. The van der Waals surface area contributed by atoms with E-state index in [4.69, 9.17) is 4.74 Å². The number of thiazole rings is 1. The van der Waals surface area contributed by atoms with Crippen LogP contribution in [0.5, 0.6) is 0 Å². The van der Waals surface area contributed by atoms with Crippen LogP contribution in [0.3, 0.4) is 0 Å². The molecule has 0 saturated carbocycles. The molecular formula is C16H15F3N2O2S. The lowest BCUT2D eigenvalue weighted by molar-refractivity contribution is -0.192. The minimum atomic E-state index is -4.57. The van der Waals surface area contributed by atoms with Crippen LogP contribution in [0.15, 0.2) is 29.6 Å². The van der Waals surface area contributed by atoms with Gasteiger partial charge in [0.15, 0.2) is 5.54 Å². The Balaban J connectivity index is 1.85. The summed E-state index contributed by atoms with van der Waals surface area (Å²) < 4.78 is 44.9. The van der Waals surface area contributed by atoms with Crippen molar-refractivity contribution in [2.24, 2.45) is 0 Å². The lowest BCUT2D eigenvalue weighted by Gasteiger charge is -2.31. The number of carbonyl (C=O) groups is 1. The van der Waals surface area contributed by atoms with Gasteiger partial charge in [0.2, 0.25) is 0 Å². The summed E-state index contributed by atoms with van der Waals surface area (Å²) in [5.74, 6) is -0.772. The largest absolute Gasteiger partial charge is 0.413 e. The van der Waals surface area contributed by atoms with Gasteiger partial charge in [0.25, 0.3) is 5.91 Å². The summed E-state index contributed by atoms with van der Waals surface area (Å²) in [5, 5.41) is 4.84. The first kappa shape index (κ1) is 16.9. The summed E-state index contributed by atoms with van der Waals surface area (Å²) in [4.78, 5) is 16.7. The molecule has 0 aliphatic carbocycles. The summed E-state index contributed by atoms with van der Waals surface area (Å²) in [6, 6.07) is 6.43. The molecule has 1 amide bonds. The second kappa shape index (κ2) is 6.18. The molecule has 1 aromatic heterocycles. The number of ether oxygens (including phenoxy) is 1. The number of alkyl halides is 3. The molecule has 2 heterocycles. The fourth-order valence-electron chi connectivity index (χ4n) is 2.56. The monoisotopic (exact) mass is 356 g/mol. The number of halogens is 3. The first-order valence-corrected chi connectivity index (χ1v) is 8.18. The topological polar surface area (TPSA) is 51.2 Å². The lowest BCUT2D eigenvalue weighted by atomic mass is 9.97. The SMILES string of the molecule is Cc1nc(-c2cccc(C(=O)NC3(C(F)(F)F)CCOC3)c2)cs1. The Bertz CT molecular complexity index is 752. The first-order valence-electron chi connectivity index (χ1n) is 7.30. The minimum Gasteiger partial charge on any atom is -0.379 e. The highest BCUT2D eigenvalue weighted by Crippen LogP contribution is 2.37. The fourth-order valence-corrected chi connectivity index (χ4v) is 3.19. The first-order chi connectivity index (χ1) is 11.3. The third-order valence-corrected chi connectivity index (χ3v) is 4.73. The Morgan fingerprint density at radius 3 is 2.79 bits per heavy atom. The average molecular weight is 356 g/mol. The molecule has 1 aliphatic rings. The maximum absolute atomic E-state index is 13.3. The lowest BCUT2D eigenvalue weighted by Crippen LogP contribution is -2.59. The van der Waals surface area contributed by atoms with Crippen LogP contribution < -0.4 is 5.32 Å². The van der Waals surface area contributed by atoms with E-state index < -0.39 is 24.2 Å². The van der Waals surface area contributed by atoms with E-state index in [2.05, 4.69) is 10.3 Å². The zero-order chi connectivity index (χ0) is 17.4. The van der Waals surface area contributed by atoms with Gasteiger partial charge in [0.05, 0.1) is 17.3 Å². The van der Waals surface area contributed by atoms with Gasteiger partial charge in [-0.05, 0) is 19.1 Å². The Morgan fingerprint density at radius 1 is 1.42 bits per heavy atom. The Morgan fingerprint density at radius 2 is 2.21 bits per heavy atom. The quantitative estimate of drug-likeness (QED) is 0.915. The molecule has 0 bridgehead atoms. The molecule has 1 atom stereocenters. The zero-order valence-electron chi connectivity index (χ0n) is 12.8. The second-order valence-corrected chi connectivity index (χ2v) is 6.73. The van der Waals surface area contributed by atoms with Crippen LogP contribution in [0.1, 0.15) is 21.8 Å². The van der Waals surface area contributed by atoms with Crippen molar-refractivity contribution in [1.29, 1.82) is 0 Å². The van der Waals surface area contributed by atoms with Crippen LogP contribution in [-0.4, -0.2) is 35.8 Å². The number of nitrogens with zero attached hydrogens (tertiary/aromatic N) is 1. The molecule has 8 heteroatoms. The molecular weight excluding hydrogens is 341 g/mol. The molecule has 0 radical (unpaired) electrons. The van der Waals surface area contributed by atoms with Crippen molar-refractivity contribution in [2.45, 2.75) is 25.1 Å². The van der Waals surface area contributed by atoms with E-state index in [1.54, 1.807) is 18.2 Å². The van der Waals surface area contributed by atoms with Crippen molar-refractivity contribution in [3.8, 4) is 11.3 Å². The van der Waals surface area contributed by atoms with Crippen molar-refractivity contribution in [1.82, 2.24) is 10.3 Å². The van der Waals surface area contributed by atoms with E-state index in [-0.39, 0.29) is 18.6 Å². The van der Waals surface area contributed by atoms with E-state index in [0.29, 0.717) is 11.3 Å². The predicted molar refractivity (Wildman–Crippen MR) is 84.0 cm³/mol. The highest BCUT2D eigenvalue weighted by molar-refractivity contribution is 7.09. The number of hydrogen-bond acceptors (Lipinski definition) is 4. The third kappa shape index (κ3) is 3.16. The minimum absolute atomic E-state index is 0.0298. The van der Waals surface area contributed by atoms with Crippen molar-refractivity contribution in [3.63, 3.8) is 0 Å². The molecule has 1 saturated heterocycles. The number of aromatic nitrogens is 1. The Hall–Kier alpha value is -1.93. The highest BCUT2D eigenvalue weighted by atomic mass is 32.1. The number of aryl methyl sites for hydroxylation is 1. The maximum Gasteiger partial charge on any atom is 0.413 e.